The molecule has 0 N–H and O–H groups in total. The summed E-state index contributed by atoms with van der Waals surface area (Å²) in [6.07, 6.45) is 2.38. The van der Waals surface area contributed by atoms with E-state index in [2.05, 4.69) is 23.9 Å². The first-order valence-corrected chi connectivity index (χ1v) is 1.86. The van der Waals surface area contributed by atoms with E-state index in [4.69, 9.17) is 0 Å². The van der Waals surface area contributed by atoms with Crippen molar-refractivity contribution >= 4 is 0 Å². The third kappa shape index (κ3) is 5.29. The molecule has 39 valence electrons. The molecule has 0 aliphatic carbocycles. The highest BCUT2D eigenvalue weighted by Gasteiger charge is 1.70. The fourth-order valence-corrected chi connectivity index (χ4v) is 0.149. The lowest BCUT2D eigenvalue weighted by Crippen LogP contribution is -1.68. The van der Waals surface area contributed by atoms with Crippen LogP contribution >= 0.6 is 0 Å². The number of halogens is 1. The molecular formula is C5H6FO. The molecule has 0 rings (SSSR count). The average Bonchev–Trinajstić information content (AvgIpc) is 1.69. The van der Waals surface area contributed by atoms with Crippen LogP contribution in [0, 0.1) is 19.1 Å². The van der Waals surface area contributed by atoms with E-state index in [0.717, 1.165) is 0 Å². The zero-order valence-corrected chi connectivity index (χ0v) is 3.91. The third-order valence-electron chi connectivity index (χ3n) is 0.364. The molecule has 0 aliphatic heterocycles. The molecule has 0 fully saturated rings. The quantitative estimate of drug-likeness (QED) is 0.449. The highest BCUT2D eigenvalue weighted by Crippen LogP contribution is 1.74. The smallest absolute Gasteiger partial charge is 0.135 e. The molecule has 1 radical (unpaired) electrons. The Morgan fingerprint density at radius 3 is 2.86 bits per heavy atom. The van der Waals surface area contributed by atoms with Crippen LogP contribution in [-0.2, 0) is 4.74 Å². The minimum absolute atomic E-state index is 0.232. The van der Waals surface area contributed by atoms with Gasteiger partial charge in [-0.3, -0.25) is 4.39 Å². The minimum atomic E-state index is -0.420. The van der Waals surface area contributed by atoms with E-state index in [1.54, 1.807) is 0 Å². The Kier molecular flexibility index (Phi) is 4.75. The summed E-state index contributed by atoms with van der Waals surface area (Å²) >= 11 is 0. The standard InChI is InChI=1S/C5H6FO/c1-7-5-3-2-4-6/h1-2,4H2. The molecule has 0 amide bonds. The first kappa shape index (κ1) is 6.29. The van der Waals surface area contributed by atoms with Gasteiger partial charge in [-0.05, 0) is 0 Å². The Hall–Kier alpha value is -0.710. The maximum atomic E-state index is 11.1. The van der Waals surface area contributed by atoms with Crippen LogP contribution in [0.15, 0.2) is 0 Å². The van der Waals surface area contributed by atoms with Gasteiger partial charge in [-0.25, -0.2) is 0 Å². The average molecular weight is 101 g/mol. The van der Waals surface area contributed by atoms with E-state index in [9.17, 15) is 4.39 Å². The van der Waals surface area contributed by atoms with E-state index in [0.29, 0.717) is 0 Å². The highest BCUT2D eigenvalue weighted by molar-refractivity contribution is 4.90. The van der Waals surface area contributed by atoms with Gasteiger partial charge < -0.3 is 4.74 Å². The van der Waals surface area contributed by atoms with Crippen molar-refractivity contribution in [2.45, 2.75) is 6.42 Å². The van der Waals surface area contributed by atoms with Gasteiger partial charge in [-0.2, -0.15) is 0 Å². The summed E-state index contributed by atoms with van der Waals surface area (Å²) in [4.78, 5) is 0. The lowest BCUT2D eigenvalue weighted by atomic mass is 10.5. The molecule has 0 spiro atoms. The summed E-state index contributed by atoms with van der Waals surface area (Å²) in [6.45, 7) is -0.420. The predicted octanol–water partition coefficient (Wildman–Crippen LogP) is 1.12. The van der Waals surface area contributed by atoms with Crippen LogP contribution in [-0.4, -0.2) is 6.67 Å². The van der Waals surface area contributed by atoms with Gasteiger partial charge in [0.15, 0.2) is 0 Å². The van der Waals surface area contributed by atoms with Gasteiger partial charge in [0.25, 0.3) is 0 Å². The van der Waals surface area contributed by atoms with Gasteiger partial charge in [0.1, 0.15) is 19.9 Å². The van der Waals surface area contributed by atoms with Crippen LogP contribution in [0.25, 0.3) is 0 Å². The second-order valence-corrected chi connectivity index (χ2v) is 0.862. The lowest BCUT2D eigenvalue weighted by Gasteiger charge is -1.74. The minimum Gasteiger partial charge on any atom is -0.443 e. The molecule has 0 bridgehead atoms. The van der Waals surface area contributed by atoms with Gasteiger partial charge >= 0.3 is 0 Å². The van der Waals surface area contributed by atoms with E-state index in [1.165, 1.54) is 0 Å². The monoisotopic (exact) mass is 101 g/mol. The number of rotatable bonds is 1. The first-order chi connectivity index (χ1) is 3.41. The summed E-state index contributed by atoms with van der Waals surface area (Å²) in [5, 5.41) is 0. The van der Waals surface area contributed by atoms with Crippen LogP contribution < -0.4 is 0 Å². The van der Waals surface area contributed by atoms with Crippen molar-refractivity contribution < 1.29 is 9.13 Å². The first-order valence-electron chi connectivity index (χ1n) is 1.86. The molecule has 0 saturated heterocycles. The molecule has 0 saturated carbocycles. The van der Waals surface area contributed by atoms with E-state index in [1.807, 2.05) is 0 Å². The normalized spacial score (nSPS) is 6.57. The molecule has 0 aromatic rings. The SMILES string of the molecule is [CH2]OC#CCCF. The molecule has 0 aromatic carbocycles. The van der Waals surface area contributed by atoms with Crippen molar-refractivity contribution in [3.63, 3.8) is 0 Å². The summed E-state index contributed by atoms with van der Waals surface area (Å²) in [6, 6.07) is 0. The van der Waals surface area contributed by atoms with Gasteiger partial charge in [-0.1, -0.05) is 5.92 Å². The topological polar surface area (TPSA) is 9.23 Å². The Balaban J connectivity index is 2.91. The molecule has 1 nitrogen and oxygen atoms in total. The third-order valence-corrected chi connectivity index (χ3v) is 0.364. The maximum Gasteiger partial charge on any atom is 0.135 e. The van der Waals surface area contributed by atoms with Gasteiger partial charge in [0, 0.05) is 6.42 Å². The summed E-state index contributed by atoms with van der Waals surface area (Å²) in [7, 11) is 2.96. The number of hydrogen-bond donors (Lipinski definition) is 0. The van der Waals surface area contributed by atoms with Crippen molar-refractivity contribution in [3.8, 4) is 12.0 Å². The summed E-state index contributed by atoms with van der Waals surface area (Å²) in [5.41, 5.74) is 0. The summed E-state index contributed by atoms with van der Waals surface area (Å²) < 4.78 is 15.2. The van der Waals surface area contributed by atoms with Crippen LogP contribution in [0.4, 0.5) is 4.39 Å². The van der Waals surface area contributed by atoms with Crippen LogP contribution in [0.5, 0.6) is 0 Å². The van der Waals surface area contributed by atoms with Crippen molar-refractivity contribution in [1.29, 1.82) is 0 Å². The van der Waals surface area contributed by atoms with E-state index >= 15 is 0 Å². The number of alkyl halides is 1. The fraction of sp³-hybridized carbons (Fsp3) is 0.400. The molecular weight excluding hydrogens is 95.1 g/mol. The molecule has 0 atom stereocenters. The second-order valence-electron chi connectivity index (χ2n) is 0.862. The number of ether oxygens (including phenoxy) is 1. The highest BCUT2D eigenvalue weighted by atomic mass is 19.1. The summed E-state index contributed by atoms with van der Waals surface area (Å²) in [5.74, 6) is 2.38. The largest absolute Gasteiger partial charge is 0.443 e. The van der Waals surface area contributed by atoms with E-state index in [-0.39, 0.29) is 6.42 Å². The zero-order valence-electron chi connectivity index (χ0n) is 3.91. The van der Waals surface area contributed by atoms with Gasteiger partial charge in [0.2, 0.25) is 0 Å². The molecule has 7 heavy (non-hydrogen) atoms. The zero-order chi connectivity index (χ0) is 5.54. The molecule has 0 aliphatic rings. The second kappa shape index (κ2) is 5.29. The van der Waals surface area contributed by atoms with Gasteiger partial charge in [-0.15, -0.1) is 0 Å². The van der Waals surface area contributed by atoms with Crippen molar-refractivity contribution in [2.24, 2.45) is 0 Å². The van der Waals surface area contributed by atoms with Crippen LogP contribution in [0.3, 0.4) is 0 Å². The van der Waals surface area contributed by atoms with E-state index < -0.39 is 6.67 Å². The molecule has 0 unspecified atom stereocenters. The Morgan fingerprint density at radius 1 is 1.71 bits per heavy atom. The molecule has 0 aromatic heterocycles. The van der Waals surface area contributed by atoms with Crippen molar-refractivity contribution in [3.05, 3.63) is 7.11 Å². The predicted molar refractivity (Wildman–Crippen MR) is 24.8 cm³/mol. The van der Waals surface area contributed by atoms with Crippen LogP contribution in [0.2, 0.25) is 0 Å². The van der Waals surface area contributed by atoms with Crippen molar-refractivity contribution in [2.75, 3.05) is 6.67 Å². The molecule has 0 heterocycles. The Morgan fingerprint density at radius 2 is 2.43 bits per heavy atom. The van der Waals surface area contributed by atoms with Gasteiger partial charge in [0.05, 0.1) is 0 Å². The lowest BCUT2D eigenvalue weighted by molar-refractivity contribution is 0.429. The Bertz CT molecular complexity index is 79.8. The van der Waals surface area contributed by atoms with Crippen LogP contribution in [0.1, 0.15) is 6.42 Å². The Labute approximate surface area is 42.5 Å². The number of hydrogen-bond acceptors (Lipinski definition) is 1. The maximum absolute atomic E-state index is 11.1. The van der Waals surface area contributed by atoms with Crippen molar-refractivity contribution in [1.82, 2.24) is 0 Å². The molecule has 2 heteroatoms. The fourth-order valence-electron chi connectivity index (χ4n) is 0.149.